The average molecular weight is 417 g/mol. The molecule has 2 saturated heterocycles. The SMILES string of the molecule is C[C@H]1CCC[C@H](C)N1C(=O)C[NH+]1CCN(S(=O)(=O)c2cc(F)ccc2F)CC1. The van der Waals surface area contributed by atoms with Crippen LogP contribution >= 0.6 is 0 Å². The number of benzene rings is 1. The summed E-state index contributed by atoms with van der Waals surface area (Å²) in [6, 6.07) is 2.89. The Bertz CT molecular complexity index is 816. The van der Waals surface area contributed by atoms with Crippen molar-refractivity contribution in [1.29, 1.82) is 0 Å². The van der Waals surface area contributed by atoms with Gasteiger partial charge >= 0.3 is 0 Å². The van der Waals surface area contributed by atoms with Crippen LogP contribution in [0.1, 0.15) is 33.1 Å². The van der Waals surface area contributed by atoms with E-state index < -0.39 is 26.6 Å². The highest BCUT2D eigenvalue weighted by atomic mass is 32.2. The van der Waals surface area contributed by atoms with E-state index >= 15 is 0 Å². The number of carbonyl (C=O) groups is 1. The number of nitrogens with one attached hydrogen (secondary N) is 1. The molecule has 0 saturated carbocycles. The quantitative estimate of drug-likeness (QED) is 0.784. The second-order valence-corrected chi connectivity index (χ2v) is 9.74. The van der Waals surface area contributed by atoms with Crippen molar-refractivity contribution in [1.82, 2.24) is 9.21 Å². The number of rotatable bonds is 4. The minimum absolute atomic E-state index is 0.0992. The van der Waals surface area contributed by atoms with E-state index in [1.54, 1.807) is 0 Å². The van der Waals surface area contributed by atoms with Crippen molar-refractivity contribution in [3.8, 4) is 0 Å². The van der Waals surface area contributed by atoms with Gasteiger partial charge in [-0.15, -0.1) is 0 Å². The summed E-state index contributed by atoms with van der Waals surface area (Å²) in [7, 11) is -4.10. The predicted molar refractivity (Wildman–Crippen MR) is 100 cm³/mol. The molecule has 0 radical (unpaired) electrons. The molecule has 2 heterocycles. The molecule has 1 amide bonds. The van der Waals surface area contributed by atoms with Crippen molar-refractivity contribution < 1.29 is 26.9 Å². The first kappa shape index (κ1) is 21.1. The summed E-state index contributed by atoms with van der Waals surface area (Å²) in [6.07, 6.45) is 3.15. The molecule has 3 rings (SSSR count). The molecule has 1 N–H and O–H groups in total. The van der Waals surface area contributed by atoms with Crippen LogP contribution in [0, 0.1) is 11.6 Å². The number of halogens is 2. The van der Waals surface area contributed by atoms with E-state index in [9.17, 15) is 22.0 Å². The number of carbonyl (C=O) groups excluding carboxylic acids is 1. The molecular formula is C19H28F2N3O3S+. The zero-order valence-electron chi connectivity index (χ0n) is 16.3. The lowest BCUT2D eigenvalue weighted by atomic mass is 9.97. The van der Waals surface area contributed by atoms with Gasteiger partial charge in [0.1, 0.15) is 16.5 Å². The van der Waals surface area contributed by atoms with Gasteiger partial charge in [0.05, 0.1) is 26.2 Å². The molecule has 1 aromatic carbocycles. The molecular weight excluding hydrogens is 388 g/mol. The minimum atomic E-state index is -4.10. The molecule has 2 atom stereocenters. The van der Waals surface area contributed by atoms with Gasteiger partial charge in [-0.25, -0.2) is 17.2 Å². The maximum atomic E-state index is 13.9. The van der Waals surface area contributed by atoms with Gasteiger partial charge in [-0.3, -0.25) is 4.79 Å². The molecule has 9 heteroatoms. The van der Waals surface area contributed by atoms with Gasteiger partial charge in [-0.2, -0.15) is 4.31 Å². The fraction of sp³-hybridized carbons (Fsp3) is 0.632. The summed E-state index contributed by atoms with van der Waals surface area (Å²) >= 11 is 0. The Morgan fingerprint density at radius 1 is 1.14 bits per heavy atom. The van der Waals surface area contributed by atoms with Gasteiger partial charge in [-0.05, 0) is 51.3 Å². The molecule has 28 heavy (non-hydrogen) atoms. The lowest BCUT2D eigenvalue weighted by Gasteiger charge is -2.40. The van der Waals surface area contributed by atoms with Gasteiger partial charge in [0.2, 0.25) is 10.0 Å². The maximum Gasteiger partial charge on any atom is 0.278 e. The molecule has 0 spiro atoms. The molecule has 0 aliphatic carbocycles. The van der Waals surface area contributed by atoms with Gasteiger partial charge in [0, 0.05) is 12.1 Å². The third-order valence-corrected chi connectivity index (χ3v) is 7.74. The fourth-order valence-electron chi connectivity index (χ4n) is 4.25. The topological polar surface area (TPSA) is 62.1 Å². The highest BCUT2D eigenvalue weighted by Crippen LogP contribution is 2.22. The largest absolute Gasteiger partial charge is 0.332 e. The van der Waals surface area contributed by atoms with Crippen LogP contribution in [-0.2, 0) is 14.8 Å². The number of hydrogen-bond acceptors (Lipinski definition) is 3. The molecule has 0 bridgehead atoms. The van der Waals surface area contributed by atoms with E-state index in [4.69, 9.17) is 0 Å². The van der Waals surface area contributed by atoms with Crippen molar-refractivity contribution in [3.05, 3.63) is 29.8 Å². The van der Waals surface area contributed by atoms with Crippen LogP contribution in [0.5, 0.6) is 0 Å². The van der Waals surface area contributed by atoms with E-state index in [0.717, 1.165) is 36.3 Å². The Hall–Kier alpha value is -1.58. The lowest BCUT2D eigenvalue weighted by molar-refractivity contribution is -0.896. The van der Waals surface area contributed by atoms with Gasteiger partial charge in [-0.1, -0.05) is 0 Å². The number of piperazine rings is 1. The van der Waals surface area contributed by atoms with Crippen molar-refractivity contribution in [3.63, 3.8) is 0 Å². The number of likely N-dealkylation sites (tertiary alicyclic amines) is 1. The normalized spacial score (nSPS) is 25.1. The first-order valence-corrected chi connectivity index (χ1v) is 11.2. The number of amides is 1. The van der Waals surface area contributed by atoms with E-state index in [0.29, 0.717) is 25.7 Å². The molecule has 6 nitrogen and oxygen atoms in total. The molecule has 2 aliphatic rings. The monoisotopic (exact) mass is 416 g/mol. The maximum absolute atomic E-state index is 13.9. The minimum Gasteiger partial charge on any atom is -0.332 e. The summed E-state index contributed by atoms with van der Waals surface area (Å²) in [5, 5.41) is 0. The van der Waals surface area contributed by atoms with Crippen molar-refractivity contribution >= 4 is 15.9 Å². The lowest BCUT2D eigenvalue weighted by Crippen LogP contribution is -3.16. The van der Waals surface area contributed by atoms with Gasteiger partial charge < -0.3 is 9.80 Å². The first-order chi connectivity index (χ1) is 13.2. The summed E-state index contributed by atoms with van der Waals surface area (Å²) < 4.78 is 53.8. The molecule has 1 aromatic rings. The predicted octanol–water partition coefficient (Wildman–Crippen LogP) is 0.644. The van der Waals surface area contributed by atoms with Crippen LogP contribution in [0.25, 0.3) is 0 Å². The van der Waals surface area contributed by atoms with Crippen LogP contribution in [0.15, 0.2) is 23.1 Å². The summed E-state index contributed by atoms with van der Waals surface area (Å²) in [4.78, 5) is 15.1. The summed E-state index contributed by atoms with van der Waals surface area (Å²) in [5.41, 5.74) is 0. The zero-order chi connectivity index (χ0) is 20.5. The van der Waals surface area contributed by atoms with Crippen molar-refractivity contribution in [2.75, 3.05) is 32.7 Å². The average Bonchev–Trinajstić information content (AvgIpc) is 2.64. The molecule has 2 aliphatic heterocycles. The summed E-state index contributed by atoms with van der Waals surface area (Å²) in [5.74, 6) is -1.65. The second kappa shape index (κ2) is 8.42. The molecule has 0 aromatic heterocycles. The Balaban J connectivity index is 1.61. The van der Waals surface area contributed by atoms with Crippen LogP contribution in [0.4, 0.5) is 8.78 Å². The van der Waals surface area contributed by atoms with Crippen molar-refractivity contribution in [2.24, 2.45) is 0 Å². The van der Waals surface area contributed by atoms with E-state index in [1.807, 2.05) is 4.90 Å². The van der Waals surface area contributed by atoms with Crippen LogP contribution in [0.3, 0.4) is 0 Å². The smallest absolute Gasteiger partial charge is 0.278 e. The number of sulfonamides is 1. The highest BCUT2D eigenvalue weighted by Gasteiger charge is 2.35. The van der Waals surface area contributed by atoms with Gasteiger partial charge in [0.15, 0.2) is 6.54 Å². The Morgan fingerprint density at radius 2 is 1.75 bits per heavy atom. The summed E-state index contributed by atoms with van der Waals surface area (Å²) in [6.45, 7) is 5.73. The highest BCUT2D eigenvalue weighted by molar-refractivity contribution is 7.89. The number of piperidine rings is 1. The first-order valence-electron chi connectivity index (χ1n) is 9.80. The van der Waals surface area contributed by atoms with Crippen LogP contribution in [0.2, 0.25) is 0 Å². The number of hydrogen-bond donors (Lipinski definition) is 1. The standard InChI is InChI=1S/C19H27F2N3O3S/c1-14-4-3-5-15(2)24(14)19(25)13-22-8-10-23(11-9-22)28(26,27)18-12-16(20)6-7-17(18)21/h6-7,12,14-15H,3-5,8-11,13H2,1-2H3/p+1/t14-,15-/m0/s1. The third kappa shape index (κ3) is 4.36. The van der Waals surface area contributed by atoms with Gasteiger partial charge in [0.25, 0.3) is 5.91 Å². The molecule has 156 valence electrons. The van der Waals surface area contributed by atoms with E-state index in [2.05, 4.69) is 13.8 Å². The van der Waals surface area contributed by atoms with Crippen molar-refractivity contribution in [2.45, 2.75) is 50.1 Å². The number of nitrogens with zero attached hydrogens (tertiary/aromatic N) is 2. The molecule has 2 fully saturated rings. The fourth-order valence-corrected chi connectivity index (χ4v) is 5.77. The Morgan fingerprint density at radius 3 is 2.36 bits per heavy atom. The Labute approximate surface area is 165 Å². The third-order valence-electron chi connectivity index (χ3n) is 5.82. The van der Waals surface area contributed by atoms with E-state index in [1.165, 1.54) is 4.31 Å². The van der Waals surface area contributed by atoms with Crippen LogP contribution in [-0.4, -0.2) is 68.3 Å². The molecule has 0 unspecified atom stereocenters. The van der Waals surface area contributed by atoms with E-state index in [-0.39, 0.29) is 31.1 Å². The van der Waals surface area contributed by atoms with Crippen LogP contribution < -0.4 is 4.90 Å². The zero-order valence-corrected chi connectivity index (χ0v) is 17.1. The Kier molecular flexibility index (Phi) is 6.36. The number of quaternary nitrogens is 1. The second-order valence-electron chi connectivity index (χ2n) is 7.84.